The van der Waals surface area contributed by atoms with Gasteiger partial charge >= 0.3 is 0 Å². The lowest BCUT2D eigenvalue weighted by Gasteiger charge is -2.23. The molecular formula is C13H17N2O2+. The molecule has 1 saturated heterocycles. The molecule has 0 radical (unpaired) electrons. The van der Waals surface area contributed by atoms with Crippen LogP contribution in [0.15, 0.2) is 24.3 Å². The van der Waals surface area contributed by atoms with Crippen LogP contribution in [0.1, 0.15) is 5.56 Å². The largest absolute Gasteiger partial charge is 0.488 e. The van der Waals surface area contributed by atoms with E-state index >= 15 is 0 Å². The van der Waals surface area contributed by atoms with Crippen molar-refractivity contribution in [1.82, 2.24) is 0 Å². The summed E-state index contributed by atoms with van der Waals surface area (Å²) in [4.78, 5) is 1.53. The van der Waals surface area contributed by atoms with Crippen molar-refractivity contribution in [2.75, 3.05) is 39.5 Å². The molecule has 1 N–H and O–H groups in total. The fourth-order valence-corrected chi connectivity index (χ4v) is 1.85. The first-order valence-corrected chi connectivity index (χ1v) is 5.93. The van der Waals surface area contributed by atoms with Gasteiger partial charge in [0, 0.05) is 0 Å². The Morgan fingerprint density at radius 3 is 2.59 bits per heavy atom. The maximum Gasteiger partial charge on any atom is 0.137 e. The van der Waals surface area contributed by atoms with Crippen LogP contribution in [-0.4, -0.2) is 39.5 Å². The fraction of sp³-hybridized carbons (Fsp3) is 0.462. The molecule has 0 bridgehead atoms. The third-order valence-electron chi connectivity index (χ3n) is 2.91. The second-order valence-electron chi connectivity index (χ2n) is 4.10. The van der Waals surface area contributed by atoms with Gasteiger partial charge in [-0.1, -0.05) is 0 Å². The van der Waals surface area contributed by atoms with Crippen molar-refractivity contribution < 1.29 is 14.4 Å². The van der Waals surface area contributed by atoms with E-state index in [0.29, 0.717) is 12.2 Å². The number of hydrogen-bond donors (Lipinski definition) is 1. The molecule has 1 aliphatic heterocycles. The second kappa shape index (κ2) is 6.24. The summed E-state index contributed by atoms with van der Waals surface area (Å²) in [6, 6.07) is 9.32. The van der Waals surface area contributed by atoms with E-state index in [1.54, 1.807) is 12.1 Å². The van der Waals surface area contributed by atoms with Crippen LogP contribution in [0.5, 0.6) is 5.75 Å². The van der Waals surface area contributed by atoms with Crippen LogP contribution in [0.25, 0.3) is 0 Å². The highest BCUT2D eigenvalue weighted by Crippen LogP contribution is 2.10. The molecule has 0 unspecified atom stereocenters. The number of ether oxygens (including phenoxy) is 2. The van der Waals surface area contributed by atoms with E-state index in [9.17, 15) is 0 Å². The molecule has 1 fully saturated rings. The van der Waals surface area contributed by atoms with Crippen LogP contribution in [0.2, 0.25) is 0 Å². The zero-order chi connectivity index (χ0) is 11.9. The molecule has 2 rings (SSSR count). The van der Waals surface area contributed by atoms with Crippen LogP contribution in [-0.2, 0) is 4.74 Å². The minimum atomic E-state index is 0.663. The number of morpholine rings is 1. The van der Waals surface area contributed by atoms with Gasteiger partial charge in [0.1, 0.15) is 32.0 Å². The van der Waals surface area contributed by atoms with Crippen molar-refractivity contribution in [3.05, 3.63) is 29.8 Å². The van der Waals surface area contributed by atoms with E-state index in [-0.39, 0.29) is 0 Å². The maximum atomic E-state index is 8.67. The Bertz CT molecular complexity index is 377. The number of nitriles is 1. The van der Waals surface area contributed by atoms with E-state index in [1.165, 1.54) is 4.90 Å². The van der Waals surface area contributed by atoms with E-state index < -0.39 is 0 Å². The summed E-state index contributed by atoms with van der Waals surface area (Å²) in [5.74, 6) is 0.830. The molecular weight excluding hydrogens is 216 g/mol. The first-order chi connectivity index (χ1) is 8.38. The normalized spacial score (nSPS) is 16.4. The molecule has 4 heteroatoms. The molecule has 17 heavy (non-hydrogen) atoms. The van der Waals surface area contributed by atoms with Gasteiger partial charge in [0.05, 0.1) is 24.8 Å². The minimum absolute atomic E-state index is 0.663. The molecule has 0 atom stereocenters. The van der Waals surface area contributed by atoms with Crippen molar-refractivity contribution in [3.63, 3.8) is 0 Å². The van der Waals surface area contributed by atoms with Gasteiger partial charge in [-0.05, 0) is 24.3 Å². The molecule has 1 aromatic carbocycles. The predicted molar refractivity (Wildman–Crippen MR) is 63.0 cm³/mol. The van der Waals surface area contributed by atoms with E-state index in [1.807, 2.05) is 12.1 Å². The van der Waals surface area contributed by atoms with Gasteiger partial charge in [0.15, 0.2) is 0 Å². The smallest absolute Gasteiger partial charge is 0.137 e. The molecule has 1 heterocycles. The summed E-state index contributed by atoms with van der Waals surface area (Å²) in [6.07, 6.45) is 0. The molecule has 1 aliphatic rings. The summed E-state index contributed by atoms with van der Waals surface area (Å²) in [5, 5.41) is 8.67. The van der Waals surface area contributed by atoms with Crippen molar-refractivity contribution in [3.8, 4) is 11.8 Å². The van der Waals surface area contributed by atoms with Gasteiger partial charge in [-0.25, -0.2) is 0 Å². The third kappa shape index (κ3) is 3.74. The Morgan fingerprint density at radius 1 is 1.24 bits per heavy atom. The van der Waals surface area contributed by atoms with Crippen LogP contribution in [0.3, 0.4) is 0 Å². The standard InChI is InChI=1S/C13H16N2O2/c14-11-12-1-3-13(4-2-12)17-10-7-15-5-8-16-9-6-15/h1-4H,5-10H2/p+1. The number of nitrogens with one attached hydrogen (secondary N) is 1. The lowest BCUT2D eigenvalue weighted by atomic mass is 10.2. The van der Waals surface area contributed by atoms with Gasteiger partial charge in [-0.3, -0.25) is 0 Å². The number of quaternary nitrogens is 1. The summed E-state index contributed by atoms with van der Waals surface area (Å²) in [5.41, 5.74) is 0.663. The quantitative estimate of drug-likeness (QED) is 0.787. The number of benzene rings is 1. The van der Waals surface area contributed by atoms with Gasteiger partial charge in [0.25, 0.3) is 0 Å². The Hall–Kier alpha value is -1.57. The third-order valence-corrected chi connectivity index (χ3v) is 2.91. The lowest BCUT2D eigenvalue weighted by molar-refractivity contribution is -0.908. The van der Waals surface area contributed by atoms with Gasteiger partial charge < -0.3 is 14.4 Å². The Labute approximate surface area is 101 Å². The second-order valence-corrected chi connectivity index (χ2v) is 4.10. The van der Waals surface area contributed by atoms with Gasteiger partial charge in [0.2, 0.25) is 0 Å². The molecule has 4 nitrogen and oxygen atoms in total. The summed E-state index contributed by atoms with van der Waals surface area (Å²) in [6.45, 7) is 5.55. The molecule has 0 amide bonds. The lowest BCUT2D eigenvalue weighted by Crippen LogP contribution is -3.14. The monoisotopic (exact) mass is 233 g/mol. The maximum absolute atomic E-state index is 8.67. The van der Waals surface area contributed by atoms with Gasteiger partial charge in [-0.2, -0.15) is 5.26 Å². The average Bonchev–Trinajstić information content (AvgIpc) is 2.41. The first kappa shape index (κ1) is 11.9. The van der Waals surface area contributed by atoms with Crippen molar-refractivity contribution in [2.24, 2.45) is 0 Å². The zero-order valence-electron chi connectivity index (χ0n) is 9.82. The summed E-state index contributed by atoms with van der Waals surface area (Å²) >= 11 is 0. The van der Waals surface area contributed by atoms with Crippen LogP contribution < -0.4 is 9.64 Å². The Morgan fingerprint density at radius 2 is 1.94 bits per heavy atom. The van der Waals surface area contributed by atoms with Gasteiger partial charge in [-0.15, -0.1) is 0 Å². The van der Waals surface area contributed by atoms with Crippen molar-refractivity contribution in [1.29, 1.82) is 5.26 Å². The van der Waals surface area contributed by atoms with Crippen LogP contribution in [0, 0.1) is 11.3 Å². The molecule has 0 aliphatic carbocycles. The summed E-state index contributed by atoms with van der Waals surface area (Å²) in [7, 11) is 0. The Kier molecular flexibility index (Phi) is 4.37. The number of hydrogen-bond acceptors (Lipinski definition) is 3. The van der Waals surface area contributed by atoms with E-state index in [0.717, 1.165) is 38.6 Å². The Balaban J connectivity index is 1.72. The van der Waals surface area contributed by atoms with E-state index in [4.69, 9.17) is 14.7 Å². The average molecular weight is 233 g/mol. The highest BCUT2D eigenvalue weighted by Gasteiger charge is 2.12. The molecule has 0 aromatic heterocycles. The molecule has 90 valence electrons. The van der Waals surface area contributed by atoms with Crippen molar-refractivity contribution in [2.45, 2.75) is 0 Å². The highest BCUT2D eigenvalue weighted by atomic mass is 16.5. The molecule has 0 saturated carbocycles. The first-order valence-electron chi connectivity index (χ1n) is 5.93. The number of nitrogens with zero attached hydrogens (tertiary/aromatic N) is 1. The zero-order valence-corrected chi connectivity index (χ0v) is 9.82. The van der Waals surface area contributed by atoms with Crippen molar-refractivity contribution >= 4 is 0 Å². The van der Waals surface area contributed by atoms with Crippen LogP contribution >= 0.6 is 0 Å². The highest BCUT2D eigenvalue weighted by molar-refractivity contribution is 5.34. The topological polar surface area (TPSA) is 46.7 Å². The molecule has 1 aromatic rings. The molecule has 0 spiro atoms. The van der Waals surface area contributed by atoms with E-state index in [2.05, 4.69) is 6.07 Å². The fourth-order valence-electron chi connectivity index (χ4n) is 1.85. The number of rotatable bonds is 4. The van der Waals surface area contributed by atoms with Crippen LogP contribution in [0.4, 0.5) is 0 Å². The summed E-state index contributed by atoms with van der Waals surface area (Å²) < 4.78 is 10.9. The predicted octanol–water partition coefficient (Wildman–Crippen LogP) is -0.148. The SMILES string of the molecule is N#Cc1ccc(OCC[NH+]2CCOCC2)cc1. The minimum Gasteiger partial charge on any atom is -0.488 e.